The van der Waals surface area contributed by atoms with Crippen molar-refractivity contribution in [3.05, 3.63) is 24.0 Å². The molecule has 0 heterocycles. The second kappa shape index (κ2) is 5.99. The van der Waals surface area contributed by atoms with E-state index in [1.807, 2.05) is 0 Å². The molecule has 1 aromatic rings. The Kier molecular flexibility index (Phi) is 4.30. The Bertz CT molecular complexity index is 558. The van der Waals surface area contributed by atoms with Gasteiger partial charge in [0.2, 0.25) is 5.91 Å². The van der Waals surface area contributed by atoms with Gasteiger partial charge in [0.05, 0.1) is 7.11 Å². The van der Waals surface area contributed by atoms with E-state index >= 15 is 0 Å². The van der Waals surface area contributed by atoms with E-state index in [9.17, 15) is 14.0 Å². The number of carbonyl (C=O) groups is 2. The molecule has 114 valence electrons. The molecule has 0 radical (unpaired) electrons. The number of anilines is 1. The quantitative estimate of drug-likeness (QED) is 0.884. The number of nitrogens with zero attached hydrogens (tertiary/aromatic N) is 1. The van der Waals surface area contributed by atoms with E-state index in [-0.39, 0.29) is 29.3 Å². The molecule has 0 saturated heterocycles. The first-order chi connectivity index (χ1) is 9.93. The van der Waals surface area contributed by atoms with Gasteiger partial charge in [0.1, 0.15) is 11.4 Å². The van der Waals surface area contributed by atoms with Gasteiger partial charge >= 0.3 is 6.03 Å². The van der Waals surface area contributed by atoms with Crippen molar-refractivity contribution in [1.29, 1.82) is 0 Å². The van der Waals surface area contributed by atoms with Crippen LogP contribution in [-0.2, 0) is 4.79 Å². The number of carbonyl (C=O) groups excluding carboxylic acids is 2. The summed E-state index contributed by atoms with van der Waals surface area (Å²) in [6, 6.07) is 3.78. The van der Waals surface area contributed by atoms with Crippen molar-refractivity contribution < 1.29 is 18.7 Å². The molecule has 3 N–H and O–H groups in total. The van der Waals surface area contributed by atoms with Gasteiger partial charge in [0.25, 0.3) is 0 Å². The molecular formula is C14H18FN3O3. The van der Waals surface area contributed by atoms with E-state index < -0.39 is 11.8 Å². The SMILES string of the molecule is COc1cccc(F)c1NC(=O)N(C)C1CC(C(N)=O)C1. The van der Waals surface area contributed by atoms with E-state index in [1.165, 1.54) is 24.1 Å². The number of primary amides is 1. The molecule has 1 aliphatic carbocycles. The Balaban J connectivity index is 2.01. The van der Waals surface area contributed by atoms with Crippen molar-refractivity contribution >= 4 is 17.6 Å². The monoisotopic (exact) mass is 295 g/mol. The van der Waals surface area contributed by atoms with Crippen molar-refractivity contribution in [1.82, 2.24) is 4.90 Å². The minimum atomic E-state index is -0.570. The number of halogens is 1. The summed E-state index contributed by atoms with van der Waals surface area (Å²) in [7, 11) is 3.00. The molecule has 0 unspecified atom stereocenters. The first kappa shape index (κ1) is 15.1. The lowest BCUT2D eigenvalue weighted by molar-refractivity contribution is -0.125. The number of rotatable bonds is 4. The molecule has 0 spiro atoms. The zero-order chi connectivity index (χ0) is 15.6. The highest BCUT2D eigenvalue weighted by Gasteiger charge is 2.37. The van der Waals surface area contributed by atoms with Crippen molar-refractivity contribution in [2.75, 3.05) is 19.5 Å². The molecule has 1 aliphatic rings. The molecular weight excluding hydrogens is 277 g/mol. The van der Waals surface area contributed by atoms with Gasteiger partial charge in [-0.2, -0.15) is 0 Å². The predicted molar refractivity (Wildman–Crippen MR) is 75.4 cm³/mol. The third-order valence-electron chi connectivity index (χ3n) is 3.81. The van der Waals surface area contributed by atoms with E-state index in [0.29, 0.717) is 12.8 Å². The van der Waals surface area contributed by atoms with Crippen molar-refractivity contribution in [2.24, 2.45) is 11.7 Å². The maximum absolute atomic E-state index is 13.8. The van der Waals surface area contributed by atoms with Crippen LogP contribution in [0.2, 0.25) is 0 Å². The van der Waals surface area contributed by atoms with Crippen LogP contribution in [0.15, 0.2) is 18.2 Å². The summed E-state index contributed by atoms with van der Waals surface area (Å²) in [6.45, 7) is 0. The molecule has 0 atom stereocenters. The van der Waals surface area contributed by atoms with E-state index in [2.05, 4.69) is 5.32 Å². The van der Waals surface area contributed by atoms with Crippen LogP contribution in [-0.4, -0.2) is 37.0 Å². The summed E-state index contributed by atoms with van der Waals surface area (Å²) in [5, 5.41) is 2.49. The van der Waals surface area contributed by atoms with E-state index in [4.69, 9.17) is 10.5 Å². The highest BCUT2D eigenvalue weighted by atomic mass is 19.1. The lowest BCUT2D eigenvalue weighted by atomic mass is 9.79. The molecule has 0 aliphatic heterocycles. The van der Waals surface area contributed by atoms with Crippen LogP contribution >= 0.6 is 0 Å². The van der Waals surface area contributed by atoms with Gasteiger partial charge in [-0.3, -0.25) is 4.79 Å². The molecule has 7 heteroatoms. The number of methoxy groups -OCH3 is 1. The minimum absolute atomic E-state index is 0.00243. The Hall–Kier alpha value is -2.31. The van der Waals surface area contributed by atoms with Gasteiger partial charge in [-0.1, -0.05) is 6.07 Å². The number of amides is 3. The van der Waals surface area contributed by atoms with Crippen molar-refractivity contribution in [2.45, 2.75) is 18.9 Å². The van der Waals surface area contributed by atoms with Gasteiger partial charge < -0.3 is 20.7 Å². The molecule has 1 aromatic carbocycles. The number of ether oxygens (including phenoxy) is 1. The Labute approximate surface area is 122 Å². The summed E-state index contributed by atoms with van der Waals surface area (Å²) in [6.07, 6.45) is 1.07. The van der Waals surface area contributed by atoms with E-state index in [0.717, 1.165) is 0 Å². The molecule has 0 bridgehead atoms. The number of urea groups is 1. The lowest BCUT2D eigenvalue weighted by Gasteiger charge is -2.39. The molecule has 2 rings (SSSR count). The van der Waals surface area contributed by atoms with Crippen molar-refractivity contribution in [3.63, 3.8) is 0 Å². The minimum Gasteiger partial charge on any atom is -0.494 e. The largest absolute Gasteiger partial charge is 0.494 e. The number of para-hydroxylation sites is 1. The smallest absolute Gasteiger partial charge is 0.322 e. The zero-order valence-corrected chi connectivity index (χ0v) is 11.9. The van der Waals surface area contributed by atoms with Gasteiger partial charge in [-0.25, -0.2) is 9.18 Å². The highest BCUT2D eigenvalue weighted by Crippen LogP contribution is 2.32. The number of hydrogen-bond donors (Lipinski definition) is 2. The number of benzene rings is 1. The second-order valence-corrected chi connectivity index (χ2v) is 5.08. The summed E-state index contributed by atoms with van der Waals surface area (Å²) >= 11 is 0. The van der Waals surface area contributed by atoms with Gasteiger partial charge in [-0.05, 0) is 25.0 Å². The zero-order valence-electron chi connectivity index (χ0n) is 11.9. The first-order valence-electron chi connectivity index (χ1n) is 6.59. The third-order valence-corrected chi connectivity index (χ3v) is 3.81. The highest BCUT2D eigenvalue weighted by molar-refractivity contribution is 5.91. The fourth-order valence-electron chi connectivity index (χ4n) is 2.29. The Morgan fingerprint density at radius 3 is 2.67 bits per heavy atom. The summed E-state index contributed by atoms with van der Waals surface area (Å²) in [5.74, 6) is -0.857. The molecule has 21 heavy (non-hydrogen) atoms. The van der Waals surface area contributed by atoms with Crippen LogP contribution in [0.4, 0.5) is 14.9 Å². The molecule has 1 fully saturated rings. The van der Waals surface area contributed by atoms with Gasteiger partial charge in [0.15, 0.2) is 5.82 Å². The topological polar surface area (TPSA) is 84.7 Å². The molecule has 0 aromatic heterocycles. The van der Waals surface area contributed by atoms with Gasteiger partial charge in [-0.15, -0.1) is 0 Å². The maximum Gasteiger partial charge on any atom is 0.322 e. The summed E-state index contributed by atoms with van der Waals surface area (Å²) in [4.78, 5) is 24.5. The Morgan fingerprint density at radius 2 is 2.10 bits per heavy atom. The first-order valence-corrected chi connectivity index (χ1v) is 6.59. The fraction of sp³-hybridized carbons (Fsp3) is 0.429. The summed E-state index contributed by atoms with van der Waals surface area (Å²) < 4.78 is 18.8. The van der Waals surface area contributed by atoms with Crippen LogP contribution in [0, 0.1) is 11.7 Å². The average Bonchev–Trinajstić information content (AvgIpc) is 2.38. The van der Waals surface area contributed by atoms with E-state index in [1.54, 1.807) is 13.1 Å². The number of hydrogen-bond acceptors (Lipinski definition) is 3. The van der Waals surface area contributed by atoms with Crippen LogP contribution in [0.1, 0.15) is 12.8 Å². The fourth-order valence-corrected chi connectivity index (χ4v) is 2.29. The molecule has 3 amide bonds. The van der Waals surface area contributed by atoms with Gasteiger partial charge in [0, 0.05) is 19.0 Å². The summed E-state index contributed by atoms with van der Waals surface area (Å²) in [5.41, 5.74) is 5.20. The maximum atomic E-state index is 13.8. The normalized spacial score (nSPS) is 20.3. The lowest BCUT2D eigenvalue weighted by Crippen LogP contribution is -2.50. The van der Waals surface area contributed by atoms with Crippen LogP contribution in [0.3, 0.4) is 0 Å². The number of nitrogens with two attached hydrogens (primary N) is 1. The Morgan fingerprint density at radius 1 is 1.43 bits per heavy atom. The molecule has 6 nitrogen and oxygen atoms in total. The predicted octanol–water partition coefficient (Wildman–Crippen LogP) is 1.56. The standard InChI is InChI=1S/C14H18FN3O3/c1-18(9-6-8(7-9)13(16)19)14(20)17-12-10(15)4-3-5-11(12)21-2/h3-5,8-9H,6-7H2,1-2H3,(H2,16,19)(H,17,20). The third kappa shape index (κ3) is 3.07. The number of nitrogens with one attached hydrogen (secondary N) is 1. The van der Waals surface area contributed by atoms with Crippen LogP contribution in [0.25, 0.3) is 0 Å². The van der Waals surface area contributed by atoms with Crippen LogP contribution < -0.4 is 15.8 Å². The molecule has 1 saturated carbocycles. The van der Waals surface area contributed by atoms with Crippen LogP contribution in [0.5, 0.6) is 5.75 Å². The average molecular weight is 295 g/mol. The second-order valence-electron chi connectivity index (χ2n) is 5.08. The van der Waals surface area contributed by atoms with Crippen molar-refractivity contribution in [3.8, 4) is 5.75 Å².